The Morgan fingerprint density at radius 3 is 2.11 bits per heavy atom. The highest BCUT2D eigenvalue weighted by molar-refractivity contribution is 6.34. The standard InChI is InChI=1S/C29H27Cl2FN2O3/c1-16(19-12-20(30)15-21(31)13-19)33-24(17-8-10-22(32)11-9-17)18-6-5-7-23(14-18)34-25-26(35)27(36)28(25)37-29(2,3)4/h5-16,24,33-34H,1-4H3. The molecule has 0 aliphatic heterocycles. The molecule has 0 aliphatic rings. The molecule has 0 bridgehead atoms. The average Bonchev–Trinajstić information content (AvgIpc) is 2.84. The lowest BCUT2D eigenvalue weighted by molar-refractivity contribution is 0.128. The SMILES string of the molecule is CC(NC(c1ccc(F)cc1)c1cccc(Nc2c(OC(C)(C)C)c(=O)c2=O)c1)c1cc(Cl)cc(Cl)c1. The molecule has 0 saturated carbocycles. The molecule has 5 nitrogen and oxygen atoms in total. The van der Waals surface area contributed by atoms with E-state index in [1.807, 2.05) is 58.0 Å². The third kappa shape index (κ3) is 6.39. The molecule has 2 N–H and O–H groups in total. The average molecular weight is 541 g/mol. The van der Waals surface area contributed by atoms with E-state index < -0.39 is 16.5 Å². The fourth-order valence-corrected chi connectivity index (χ4v) is 4.58. The van der Waals surface area contributed by atoms with E-state index in [2.05, 4.69) is 10.6 Å². The topological polar surface area (TPSA) is 67.4 Å². The summed E-state index contributed by atoms with van der Waals surface area (Å²) in [5.41, 5.74) is 1.43. The molecule has 0 fully saturated rings. The summed E-state index contributed by atoms with van der Waals surface area (Å²) in [6.07, 6.45) is 0. The summed E-state index contributed by atoms with van der Waals surface area (Å²) in [7, 11) is 0. The van der Waals surface area contributed by atoms with E-state index in [1.54, 1.807) is 24.3 Å². The first-order valence-corrected chi connectivity index (χ1v) is 12.5. The zero-order valence-corrected chi connectivity index (χ0v) is 22.4. The minimum atomic E-state index is -0.645. The van der Waals surface area contributed by atoms with E-state index in [9.17, 15) is 14.0 Å². The summed E-state index contributed by atoms with van der Waals surface area (Å²) in [5, 5.41) is 7.69. The quantitative estimate of drug-likeness (QED) is 0.233. The van der Waals surface area contributed by atoms with E-state index in [4.69, 9.17) is 27.9 Å². The second-order valence-electron chi connectivity index (χ2n) is 9.90. The van der Waals surface area contributed by atoms with Gasteiger partial charge in [-0.2, -0.15) is 0 Å². The van der Waals surface area contributed by atoms with Gasteiger partial charge in [-0.05, 0) is 86.8 Å². The van der Waals surface area contributed by atoms with Crippen LogP contribution in [0.5, 0.6) is 5.75 Å². The molecular weight excluding hydrogens is 514 g/mol. The van der Waals surface area contributed by atoms with Gasteiger partial charge in [0.15, 0.2) is 5.75 Å². The second kappa shape index (κ2) is 10.7. The first-order chi connectivity index (χ1) is 17.4. The Morgan fingerprint density at radius 1 is 0.838 bits per heavy atom. The molecule has 37 heavy (non-hydrogen) atoms. The van der Waals surface area contributed by atoms with E-state index in [-0.39, 0.29) is 29.3 Å². The lowest BCUT2D eigenvalue weighted by Gasteiger charge is -2.26. The highest BCUT2D eigenvalue weighted by atomic mass is 35.5. The van der Waals surface area contributed by atoms with Gasteiger partial charge in [-0.15, -0.1) is 0 Å². The van der Waals surface area contributed by atoms with Crippen LogP contribution in [0.4, 0.5) is 15.8 Å². The van der Waals surface area contributed by atoms with Gasteiger partial charge in [0.1, 0.15) is 17.1 Å². The van der Waals surface area contributed by atoms with Crippen LogP contribution in [0, 0.1) is 5.82 Å². The third-order valence-electron chi connectivity index (χ3n) is 5.77. The predicted molar refractivity (Wildman–Crippen MR) is 148 cm³/mol. The number of anilines is 2. The largest absolute Gasteiger partial charge is 0.482 e. The van der Waals surface area contributed by atoms with Crippen LogP contribution in [0.2, 0.25) is 10.0 Å². The molecule has 0 saturated heterocycles. The number of rotatable bonds is 8. The highest BCUT2D eigenvalue weighted by Gasteiger charge is 2.27. The van der Waals surface area contributed by atoms with Crippen molar-refractivity contribution in [2.75, 3.05) is 5.32 Å². The lowest BCUT2D eigenvalue weighted by Crippen LogP contribution is -2.39. The normalized spacial score (nSPS) is 13.4. The molecule has 2 atom stereocenters. The molecule has 4 aromatic carbocycles. The monoisotopic (exact) mass is 540 g/mol. The molecule has 4 rings (SSSR count). The zero-order chi connectivity index (χ0) is 26.9. The Morgan fingerprint density at radius 2 is 1.49 bits per heavy atom. The maximum Gasteiger partial charge on any atom is 0.272 e. The molecule has 2 unspecified atom stereocenters. The van der Waals surface area contributed by atoms with E-state index in [0.717, 1.165) is 16.7 Å². The molecule has 0 spiro atoms. The fraction of sp³-hybridized carbons (Fsp3) is 0.241. The molecule has 0 heterocycles. The maximum absolute atomic E-state index is 13.7. The van der Waals surface area contributed by atoms with Gasteiger partial charge in [0.05, 0.1) is 6.04 Å². The van der Waals surface area contributed by atoms with Crippen molar-refractivity contribution in [1.82, 2.24) is 5.32 Å². The summed E-state index contributed by atoms with van der Waals surface area (Å²) < 4.78 is 19.4. The van der Waals surface area contributed by atoms with Crippen molar-refractivity contribution in [3.8, 4) is 5.75 Å². The van der Waals surface area contributed by atoms with Gasteiger partial charge in [-0.1, -0.05) is 47.5 Å². The summed E-state index contributed by atoms with van der Waals surface area (Å²) in [5.74, 6) is -0.304. The number of halogens is 3. The van der Waals surface area contributed by atoms with Crippen molar-refractivity contribution >= 4 is 34.6 Å². The van der Waals surface area contributed by atoms with Crippen LogP contribution in [-0.2, 0) is 0 Å². The number of benzene rings is 3. The molecule has 0 aliphatic carbocycles. The smallest absolute Gasteiger partial charge is 0.272 e. The fourth-order valence-electron chi connectivity index (χ4n) is 4.04. The van der Waals surface area contributed by atoms with Crippen molar-refractivity contribution in [2.24, 2.45) is 0 Å². The van der Waals surface area contributed by atoms with Crippen molar-refractivity contribution in [2.45, 2.75) is 45.4 Å². The van der Waals surface area contributed by atoms with Crippen molar-refractivity contribution in [3.63, 3.8) is 0 Å². The Hall–Kier alpha value is -3.19. The molecule has 192 valence electrons. The molecule has 0 radical (unpaired) electrons. The number of nitrogens with one attached hydrogen (secondary N) is 2. The zero-order valence-electron chi connectivity index (χ0n) is 20.9. The second-order valence-corrected chi connectivity index (χ2v) is 10.8. The molecular formula is C29H27Cl2FN2O3. The summed E-state index contributed by atoms with van der Waals surface area (Å²) in [4.78, 5) is 24.4. The third-order valence-corrected chi connectivity index (χ3v) is 6.21. The molecule has 0 aromatic heterocycles. The van der Waals surface area contributed by atoms with Crippen molar-refractivity contribution in [1.29, 1.82) is 0 Å². The summed E-state index contributed by atoms with van der Waals surface area (Å²) >= 11 is 12.4. The van der Waals surface area contributed by atoms with Crippen LogP contribution in [0.1, 0.15) is 56.5 Å². The summed E-state index contributed by atoms with van der Waals surface area (Å²) in [6, 6.07) is 18.5. The van der Waals surface area contributed by atoms with Crippen LogP contribution in [0.25, 0.3) is 0 Å². The molecule has 0 amide bonds. The molecule has 4 aromatic rings. The first kappa shape index (κ1) is 26.9. The highest BCUT2D eigenvalue weighted by Crippen LogP contribution is 2.32. The number of ether oxygens (including phenoxy) is 1. The van der Waals surface area contributed by atoms with Crippen LogP contribution >= 0.6 is 23.2 Å². The minimum Gasteiger partial charge on any atom is -0.482 e. The van der Waals surface area contributed by atoms with Crippen LogP contribution in [0.15, 0.2) is 76.3 Å². The van der Waals surface area contributed by atoms with E-state index in [1.165, 1.54) is 12.1 Å². The lowest BCUT2D eigenvalue weighted by atomic mass is 9.96. The van der Waals surface area contributed by atoms with Crippen LogP contribution in [-0.4, -0.2) is 5.60 Å². The van der Waals surface area contributed by atoms with Crippen LogP contribution < -0.4 is 26.2 Å². The van der Waals surface area contributed by atoms with Crippen molar-refractivity contribution < 1.29 is 9.13 Å². The van der Waals surface area contributed by atoms with Gasteiger partial charge in [0, 0.05) is 21.8 Å². The van der Waals surface area contributed by atoms with Gasteiger partial charge in [0.25, 0.3) is 10.9 Å². The Kier molecular flexibility index (Phi) is 7.74. The van der Waals surface area contributed by atoms with Gasteiger partial charge >= 0.3 is 0 Å². The number of hydrogen-bond donors (Lipinski definition) is 2. The van der Waals surface area contributed by atoms with Gasteiger partial charge in [-0.3, -0.25) is 14.9 Å². The Balaban J connectivity index is 1.67. The predicted octanol–water partition coefficient (Wildman–Crippen LogP) is 7.09. The summed E-state index contributed by atoms with van der Waals surface area (Å²) in [6.45, 7) is 7.41. The maximum atomic E-state index is 13.7. The Labute approximate surface area is 224 Å². The van der Waals surface area contributed by atoms with E-state index >= 15 is 0 Å². The molecule has 8 heteroatoms. The van der Waals surface area contributed by atoms with Crippen LogP contribution in [0.3, 0.4) is 0 Å². The first-order valence-electron chi connectivity index (χ1n) is 11.8. The Bertz CT molecular complexity index is 1470. The number of hydrogen-bond acceptors (Lipinski definition) is 5. The minimum absolute atomic E-state index is 0.0302. The van der Waals surface area contributed by atoms with Crippen molar-refractivity contribution in [3.05, 3.63) is 120 Å². The van der Waals surface area contributed by atoms with Gasteiger partial charge < -0.3 is 10.1 Å². The van der Waals surface area contributed by atoms with Gasteiger partial charge in [0.2, 0.25) is 0 Å². The van der Waals surface area contributed by atoms with E-state index in [0.29, 0.717) is 15.7 Å². The van der Waals surface area contributed by atoms with Gasteiger partial charge in [-0.25, -0.2) is 4.39 Å².